The molecule has 1 unspecified atom stereocenters. The molecule has 1 amide bonds. The van der Waals surface area contributed by atoms with E-state index in [-0.39, 0.29) is 23.9 Å². The molecule has 7 nitrogen and oxygen atoms in total. The molecular formula is C13H19N3O4S. The molecule has 8 heteroatoms. The van der Waals surface area contributed by atoms with Crippen LogP contribution in [0.5, 0.6) is 0 Å². The van der Waals surface area contributed by atoms with Crippen LogP contribution in [0.2, 0.25) is 0 Å². The van der Waals surface area contributed by atoms with Crippen LogP contribution in [0.4, 0.5) is 5.69 Å². The van der Waals surface area contributed by atoms with Crippen LogP contribution in [0.25, 0.3) is 0 Å². The average molecular weight is 313 g/mol. The third-order valence-electron chi connectivity index (χ3n) is 3.07. The van der Waals surface area contributed by atoms with Crippen molar-refractivity contribution in [3.8, 4) is 0 Å². The zero-order chi connectivity index (χ0) is 15.3. The van der Waals surface area contributed by atoms with Crippen molar-refractivity contribution in [1.29, 1.82) is 0 Å². The summed E-state index contributed by atoms with van der Waals surface area (Å²) in [6.07, 6.45) is 1.08. The molecule has 1 aromatic rings. The number of nitrogens with two attached hydrogens (primary N) is 1. The first-order chi connectivity index (χ1) is 10.0. The summed E-state index contributed by atoms with van der Waals surface area (Å²) in [4.78, 5) is 12.0. The van der Waals surface area contributed by atoms with Crippen molar-refractivity contribution in [3.63, 3.8) is 0 Å². The summed E-state index contributed by atoms with van der Waals surface area (Å²) in [6, 6.07) is 6.07. The Kier molecular flexibility index (Phi) is 5.29. The molecule has 1 saturated heterocycles. The Labute approximate surface area is 123 Å². The fourth-order valence-corrected chi connectivity index (χ4v) is 3.12. The molecule has 0 radical (unpaired) electrons. The Morgan fingerprint density at radius 3 is 2.90 bits per heavy atom. The predicted octanol–water partition coefficient (Wildman–Crippen LogP) is 0.0411. The van der Waals surface area contributed by atoms with Gasteiger partial charge in [0.05, 0.1) is 4.90 Å². The van der Waals surface area contributed by atoms with Gasteiger partial charge in [-0.1, -0.05) is 6.07 Å². The van der Waals surface area contributed by atoms with E-state index in [0.29, 0.717) is 18.7 Å². The number of rotatable bonds is 6. The Hall–Kier alpha value is -1.48. The van der Waals surface area contributed by atoms with Crippen LogP contribution < -0.4 is 15.8 Å². The summed E-state index contributed by atoms with van der Waals surface area (Å²) < 4.78 is 31.6. The topological polar surface area (TPSA) is 111 Å². The van der Waals surface area contributed by atoms with Crippen molar-refractivity contribution in [1.82, 2.24) is 4.72 Å². The van der Waals surface area contributed by atoms with Crippen LogP contribution in [-0.2, 0) is 19.6 Å². The van der Waals surface area contributed by atoms with E-state index in [1.54, 1.807) is 12.1 Å². The van der Waals surface area contributed by atoms with Crippen LogP contribution >= 0.6 is 0 Å². The van der Waals surface area contributed by atoms with E-state index in [1.807, 2.05) is 0 Å². The van der Waals surface area contributed by atoms with Crippen molar-refractivity contribution >= 4 is 21.6 Å². The van der Waals surface area contributed by atoms with Crippen molar-refractivity contribution in [2.24, 2.45) is 5.73 Å². The molecule has 0 bridgehead atoms. The number of anilines is 1. The Morgan fingerprint density at radius 2 is 2.24 bits per heavy atom. The van der Waals surface area contributed by atoms with Crippen molar-refractivity contribution in [2.45, 2.75) is 23.8 Å². The molecule has 0 spiro atoms. The largest absolute Gasteiger partial charge is 0.368 e. The van der Waals surface area contributed by atoms with Gasteiger partial charge in [-0.25, -0.2) is 13.1 Å². The van der Waals surface area contributed by atoms with Gasteiger partial charge < -0.3 is 15.8 Å². The van der Waals surface area contributed by atoms with Gasteiger partial charge >= 0.3 is 0 Å². The maximum atomic E-state index is 12.0. The molecule has 2 rings (SSSR count). The zero-order valence-electron chi connectivity index (χ0n) is 11.5. The zero-order valence-corrected chi connectivity index (χ0v) is 12.4. The average Bonchev–Trinajstić information content (AvgIpc) is 3.00. The first-order valence-corrected chi connectivity index (χ1v) is 8.23. The Bertz CT molecular complexity index is 597. The molecule has 1 atom stereocenters. The van der Waals surface area contributed by atoms with Gasteiger partial charge in [0.25, 0.3) is 5.91 Å². The van der Waals surface area contributed by atoms with Gasteiger partial charge in [-0.15, -0.1) is 0 Å². The number of nitrogens with one attached hydrogen (secondary N) is 2. The van der Waals surface area contributed by atoms with Gasteiger partial charge in [-0.05, 0) is 31.0 Å². The summed E-state index contributed by atoms with van der Waals surface area (Å²) in [7, 11) is -3.61. The predicted molar refractivity (Wildman–Crippen MR) is 78.3 cm³/mol. The van der Waals surface area contributed by atoms with E-state index >= 15 is 0 Å². The second-order valence-corrected chi connectivity index (χ2v) is 6.47. The Balaban J connectivity index is 2.08. The maximum absolute atomic E-state index is 12.0. The summed E-state index contributed by atoms with van der Waals surface area (Å²) >= 11 is 0. The lowest BCUT2D eigenvalue weighted by Crippen LogP contribution is -2.29. The van der Waals surface area contributed by atoms with Crippen LogP contribution in [0, 0.1) is 0 Å². The van der Waals surface area contributed by atoms with E-state index < -0.39 is 16.1 Å². The molecule has 1 fully saturated rings. The lowest BCUT2D eigenvalue weighted by atomic mass is 10.2. The van der Waals surface area contributed by atoms with E-state index in [1.165, 1.54) is 12.1 Å². The molecule has 0 aromatic heterocycles. The fourth-order valence-electron chi connectivity index (χ4n) is 2.02. The van der Waals surface area contributed by atoms with Gasteiger partial charge in [-0.2, -0.15) is 0 Å². The van der Waals surface area contributed by atoms with Gasteiger partial charge in [0, 0.05) is 25.4 Å². The first-order valence-electron chi connectivity index (χ1n) is 6.75. The molecule has 1 aliphatic heterocycles. The second kappa shape index (κ2) is 6.99. The van der Waals surface area contributed by atoms with E-state index in [9.17, 15) is 13.2 Å². The third-order valence-corrected chi connectivity index (χ3v) is 4.53. The highest BCUT2D eigenvalue weighted by Crippen LogP contribution is 2.18. The second-order valence-electron chi connectivity index (χ2n) is 4.71. The number of ether oxygens (including phenoxy) is 1. The summed E-state index contributed by atoms with van der Waals surface area (Å²) in [5.74, 6) is -0.253. The molecule has 4 N–H and O–H groups in total. The van der Waals surface area contributed by atoms with Crippen LogP contribution in [0.3, 0.4) is 0 Å². The lowest BCUT2D eigenvalue weighted by Gasteiger charge is -2.12. The van der Waals surface area contributed by atoms with Crippen molar-refractivity contribution in [3.05, 3.63) is 24.3 Å². The summed E-state index contributed by atoms with van der Waals surface area (Å²) in [5, 5.41) is 2.67. The molecule has 1 aliphatic rings. The summed E-state index contributed by atoms with van der Waals surface area (Å²) in [5.41, 5.74) is 5.70. The van der Waals surface area contributed by atoms with Crippen molar-refractivity contribution < 1.29 is 17.9 Å². The normalized spacial score (nSPS) is 18.6. The van der Waals surface area contributed by atoms with Gasteiger partial charge in [0.15, 0.2) is 0 Å². The minimum atomic E-state index is -3.61. The maximum Gasteiger partial charge on any atom is 0.253 e. The lowest BCUT2D eigenvalue weighted by molar-refractivity contribution is -0.124. The SMILES string of the molecule is NCCNS(=O)(=O)c1cccc(NC(=O)C2CCCO2)c1. The van der Waals surface area contributed by atoms with Gasteiger partial charge in [-0.3, -0.25) is 4.79 Å². The number of hydrogen-bond acceptors (Lipinski definition) is 5. The molecule has 0 saturated carbocycles. The third kappa shape index (κ3) is 4.24. The van der Waals surface area contributed by atoms with Crippen LogP contribution in [0.1, 0.15) is 12.8 Å². The minimum absolute atomic E-state index is 0.0843. The highest BCUT2D eigenvalue weighted by atomic mass is 32.2. The molecular weight excluding hydrogens is 294 g/mol. The number of amides is 1. The quantitative estimate of drug-likeness (QED) is 0.687. The fraction of sp³-hybridized carbons (Fsp3) is 0.462. The standard InChI is InChI=1S/C13H19N3O4S/c14-6-7-15-21(18,19)11-4-1-3-10(9-11)16-13(17)12-5-2-8-20-12/h1,3-4,9,12,15H,2,5-8,14H2,(H,16,17). The van der Waals surface area contributed by atoms with Gasteiger partial charge in [0.1, 0.15) is 6.10 Å². The van der Waals surface area contributed by atoms with Gasteiger partial charge in [0.2, 0.25) is 10.0 Å². The minimum Gasteiger partial charge on any atom is -0.368 e. The first kappa shape index (κ1) is 15.9. The molecule has 0 aliphatic carbocycles. The van der Waals surface area contributed by atoms with Crippen LogP contribution in [0.15, 0.2) is 29.2 Å². The van der Waals surface area contributed by atoms with E-state index in [0.717, 1.165) is 6.42 Å². The molecule has 21 heavy (non-hydrogen) atoms. The highest BCUT2D eigenvalue weighted by molar-refractivity contribution is 7.89. The van der Waals surface area contributed by atoms with E-state index in [2.05, 4.69) is 10.0 Å². The number of sulfonamides is 1. The number of benzene rings is 1. The van der Waals surface area contributed by atoms with Crippen LogP contribution in [-0.4, -0.2) is 40.1 Å². The molecule has 116 valence electrons. The van der Waals surface area contributed by atoms with E-state index in [4.69, 9.17) is 10.5 Å². The van der Waals surface area contributed by atoms with Crippen molar-refractivity contribution in [2.75, 3.05) is 25.0 Å². The molecule has 1 heterocycles. The number of carbonyl (C=O) groups excluding carboxylic acids is 1. The summed E-state index contributed by atoms with van der Waals surface area (Å²) in [6.45, 7) is 0.957. The smallest absolute Gasteiger partial charge is 0.253 e. The highest BCUT2D eigenvalue weighted by Gasteiger charge is 2.23. The number of hydrogen-bond donors (Lipinski definition) is 3. The Morgan fingerprint density at radius 1 is 1.43 bits per heavy atom. The molecule has 1 aromatic carbocycles. The monoisotopic (exact) mass is 313 g/mol. The number of carbonyl (C=O) groups is 1.